The number of ether oxygens (including phenoxy) is 1. The highest BCUT2D eigenvalue weighted by Crippen LogP contribution is 2.23. The van der Waals surface area contributed by atoms with Crippen LogP contribution < -0.4 is 31.1 Å². The number of carbonyl (C=O) groups excluding carboxylic acids is 1. The maximum Gasteiger partial charge on any atom is 0.333 e. The molecular weight excluding hydrogens is 320 g/mol. The third kappa shape index (κ3) is 3.74. The third-order valence-corrected chi connectivity index (χ3v) is 4.29. The molecule has 4 N–H and O–H groups in total. The highest BCUT2D eigenvalue weighted by atomic mass is 16.5. The number of hydrazine groups is 1. The molecule has 0 spiro atoms. The molecule has 8 heteroatoms. The van der Waals surface area contributed by atoms with Crippen LogP contribution >= 0.6 is 0 Å². The summed E-state index contributed by atoms with van der Waals surface area (Å²) in [6, 6.07) is 10.7. The fourth-order valence-electron chi connectivity index (χ4n) is 2.83. The number of pyridine rings is 1. The van der Waals surface area contributed by atoms with E-state index in [2.05, 4.69) is 14.8 Å². The number of hydrogen-bond acceptors (Lipinski definition) is 6. The van der Waals surface area contributed by atoms with Crippen molar-refractivity contribution in [1.29, 1.82) is 0 Å². The van der Waals surface area contributed by atoms with Crippen molar-refractivity contribution in [3.8, 4) is 5.75 Å². The number of primary amides is 1. The van der Waals surface area contributed by atoms with E-state index >= 15 is 0 Å². The molecule has 1 aliphatic heterocycles. The van der Waals surface area contributed by atoms with Crippen LogP contribution in [0.4, 0.5) is 22.0 Å². The van der Waals surface area contributed by atoms with Gasteiger partial charge in [0, 0.05) is 31.9 Å². The molecule has 0 unspecified atom stereocenters. The Morgan fingerprint density at radius 1 is 1.08 bits per heavy atom. The van der Waals surface area contributed by atoms with Gasteiger partial charge in [0.05, 0.1) is 19.0 Å². The van der Waals surface area contributed by atoms with E-state index in [1.165, 1.54) is 0 Å². The summed E-state index contributed by atoms with van der Waals surface area (Å²) in [7, 11) is 1.63. The lowest BCUT2D eigenvalue weighted by Crippen LogP contribution is -2.46. The predicted molar refractivity (Wildman–Crippen MR) is 97.9 cm³/mol. The largest absolute Gasteiger partial charge is 0.495 e. The number of methoxy groups -OCH3 is 1. The van der Waals surface area contributed by atoms with Crippen molar-refractivity contribution in [3.05, 3.63) is 42.6 Å². The first-order valence-electron chi connectivity index (χ1n) is 8.03. The van der Waals surface area contributed by atoms with E-state index in [9.17, 15) is 4.79 Å². The van der Waals surface area contributed by atoms with Gasteiger partial charge in [-0.15, -0.1) is 0 Å². The van der Waals surface area contributed by atoms with Crippen LogP contribution in [0, 0.1) is 0 Å². The number of piperazine rings is 1. The minimum absolute atomic E-state index is 0.567. The summed E-state index contributed by atoms with van der Waals surface area (Å²) in [6.45, 7) is 3.53. The summed E-state index contributed by atoms with van der Waals surface area (Å²) in [6.07, 6.45) is 1.73. The van der Waals surface area contributed by atoms with E-state index in [0.717, 1.165) is 48.4 Å². The highest BCUT2D eigenvalue weighted by Gasteiger charge is 2.18. The molecule has 3 rings (SSSR count). The van der Waals surface area contributed by atoms with Gasteiger partial charge in [0.2, 0.25) is 0 Å². The van der Waals surface area contributed by atoms with Gasteiger partial charge in [-0.1, -0.05) is 0 Å². The topological polar surface area (TPSA) is 101 Å². The Kier molecular flexibility index (Phi) is 4.90. The Balaban J connectivity index is 1.60. The van der Waals surface area contributed by atoms with Crippen LogP contribution in [0.1, 0.15) is 0 Å². The zero-order chi connectivity index (χ0) is 17.8. The van der Waals surface area contributed by atoms with Gasteiger partial charge in [-0.05, 0) is 36.4 Å². The van der Waals surface area contributed by atoms with Crippen LogP contribution in [0.2, 0.25) is 0 Å². The lowest BCUT2D eigenvalue weighted by atomic mass is 10.2. The molecule has 2 aromatic rings. The quantitative estimate of drug-likeness (QED) is 0.491. The number of amides is 2. The van der Waals surface area contributed by atoms with Crippen LogP contribution in [0.25, 0.3) is 0 Å². The Morgan fingerprint density at radius 2 is 1.72 bits per heavy atom. The molecule has 0 bridgehead atoms. The molecule has 1 fully saturated rings. The molecule has 0 radical (unpaired) electrons. The summed E-state index contributed by atoms with van der Waals surface area (Å²) < 4.78 is 5.14. The van der Waals surface area contributed by atoms with E-state index in [0.29, 0.717) is 5.69 Å². The summed E-state index contributed by atoms with van der Waals surface area (Å²) in [5.74, 6) is 7.30. The number of anilines is 3. The molecule has 1 saturated heterocycles. The van der Waals surface area contributed by atoms with Crippen molar-refractivity contribution in [2.24, 2.45) is 11.6 Å². The molecule has 8 nitrogen and oxygen atoms in total. The van der Waals surface area contributed by atoms with Crippen molar-refractivity contribution < 1.29 is 9.53 Å². The molecular formula is C17H22N6O2. The number of carbonyl (C=O) groups is 1. The van der Waals surface area contributed by atoms with Crippen molar-refractivity contribution in [3.63, 3.8) is 0 Å². The molecule has 2 amide bonds. The van der Waals surface area contributed by atoms with E-state index < -0.39 is 6.03 Å². The first kappa shape index (κ1) is 16.8. The summed E-state index contributed by atoms with van der Waals surface area (Å²) in [5, 5.41) is 0.928. The maximum atomic E-state index is 11.1. The van der Waals surface area contributed by atoms with Crippen molar-refractivity contribution in [1.82, 2.24) is 4.98 Å². The monoisotopic (exact) mass is 342 g/mol. The SMILES string of the molecule is COc1ccc(N2CCN(c3ccc(N(N)C(N)=O)cc3)CC2)nc1. The molecule has 25 heavy (non-hydrogen) atoms. The second kappa shape index (κ2) is 7.27. The van der Waals surface area contributed by atoms with Gasteiger partial charge in [0.25, 0.3) is 0 Å². The predicted octanol–water partition coefficient (Wildman–Crippen LogP) is 1.18. The zero-order valence-corrected chi connectivity index (χ0v) is 14.1. The van der Waals surface area contributed by atoms with Crippen LogP contribution in [-0.4, -0.2) is 44.3 Å². The van der Waals surface area contributed by atoms with E-state index in [1.54, 1.807) is 25.4 Å². The minimum atomic E-state index is -0.687. The molecule has 1 aliphatic rings. The first-order chi connectivity index (χ1) is 12.1. The number of hydrogen-bond donors (Lipinski definition) is 2. The molecule has 132 valence electrons. The van der Waals surface area contributed by atoms with Crippen LogP contribution in [0.3, 0.4) is 0 Å². The van der Waals surface area contributed by atoms with Gasteiger partial charge < -0.3 is 20.3 Å². The minimum Gasteiger partial charge on any atom is -0.495 e. The summed E-state index contributed by atoms with van der Waals surface area (Å²) in [4.78, 5) is 20.1. The van der Waals surface area contributed by atoms with Crippen LogP contribution in [0.5, 0.6) is 5.75 Å². The van der Waals surface area contributed by atoms with Gasteiger partial charge in [-0.2, -0.15) is 0 Å². The number of nitrogens with two attached hydrogens (primary N) is 2. The smallest absolute Gasteiger partial charge is 0.333 e. The third-order valence-electron chi connectivity index (χ3n) is 4.29. The standard InChI is InChI=1S/C17H22N6O2/c1-25-15-6-7-16(20-12-15)22-10-8-21(9-11-22)13-2-4-14(5-3-13)23(19)17(18)24/h2-7,12H,8-11,19H2,1H3,(H2,18,24). The summed E-state index contributed by atoms with van der Waals surface area (Å²) in [5.41, 5.74) is 6.82. The second-order valence-corrected chi connectivity index (χ2v) is 5.75. The van der Waals surface area contributed by atoms with Crippen LogP contribution in [-0.2, 0) is 0 Å². The van der Waals surface area contributed by atoms with Crippen LogP contribution in [0.15, 0.2) is 42.6 Å². The molecule has 0 saturated carbocycles. The van der Waals surface area contributed by atoms with Crippen molar-refractivity contribution >= 4 is 23.2 Å². The molecule has 0 atom stereocenters. The second-order valence-electron chi connectivity index (χ2n) is 5.75. The Bertz CT molecular complexity index is 711. The Labute approximate surface area is 146 Å². The number of urea groups is 1. The molecule has 2 heterocycles. The number of nitrogens with zero attached hydrogens (tertiary/aromatic N) is 4. The average molecular weight is 342 g/mol. The van der Waals surface area contributed by atoms with Gasteiger partial charge in [-0.25, -0.2) is 20.6 Å². The van der Waals surface area contributed by atoms with E-state index in [1.807, 2.05) is 24.3 Å². The van der Waals surface area contributed by atoms with Gasteiger partial charge in [0.15, 0.2) is 0 Å². The number of aromatic nitrogens is 1. The van der Waals surface area contributed by atoms with Crippen molar-refractivity contribution in [2.45, 2.75) is 0 Å². The molecule has 0 aliphatic carbocycles. The molecule has 1 aromatic carbocycles. The number of benzene rings is 1. The molecule has 1 aromatic heterocycles. The summed E-state index contributed by atoms with van der Waals surface area (Å²) >= 11 is 0. The fourth-order valence-corrected chi connectivity index (χ4v) is 2.83. The average Bonchev–Trinajstić information content (AvgIpc) is 2.67. The normalized spacial score (nSPS) is 14.3. The van der Waals surface area contributed by atoms with Gasteiger partial charge in [0.1, 0.15) is 11.6 Å². The first-order valence-corrected chi connectivity index (χ1v) is 8.03. The Morgan fingerprint density at radius 3 is 2.24 bits per heavy atom. The van der Waals surface area contributed by atoms with E-state index in [-0.39, 0.29) is 0 Å². The maximum absolute atomic E-state index is 11.1. The fraction of sp³-hybridized carbons (Fsp3) is 0.294. The van der Waals surface area contributed by atoms with E-state index in [4.69, 9.17) is 16.3 Å². The highest BCUT2D eigenvalue weighted by molar-refractivity contribution is 5.89. The lowest BCUT2D eigenvalue weighted by molar-refractivity contribution is 0.254. The lowest BCUT2D eigenvalue weighted by Gasteiger charge is -2.36. The van der Waals surface area contributed by atoms with Crippen molar-refractivity contribution in [2.75, 3.05) is 48.1 Å². The number of rotatable bonds is 4. The van der Waals surface area contributed by atoms with Gasteiger partial charge >= 0.3 is 6.03 Å². The van der Waals surface area contributed by atoms with Gasteiger partial charge in [-0.3, -0.25) is 0 Å². The zero-order valence-electron chi connectivity index (χ0n) is 14.1. The Hall–Kier alpha value is -3.00.